The summed E-state index contributed by atoms with van der Waals surface area (Å²) in [5, 5.41) is 13.6. The van der Waals surface area contributed by atoms with Gasteiger partial charge in [0.25, 0.3) is 0 Å². The topological polar surface area (TPSA) is 58.6 Å². The second kappa shape index (κ2) is 8.66. The Labute approximate surface area is 119 Å². The third-order valence-electron chi connectivity index (χ3n) is 3.14. The van der Waals surface area contributed by atoms with Crippen molar-refractivity contribution in [3.05, 3.63) is 35.6 Å². The molecule has 2 atom stereocenters. The zero-order valence-electron chi connectivity index (χ0n) is 11.9. The number of halogens is 1. The molecule has 0 bridgehead atoms. The van der Waals surface area contributed by atoms with Crippen molar-refractivity contribution in [2.24, 2.45) is 0 Å². The molecule has 0 aliphatic rings. The van der Waals surface area contributed by atoms with Gasteiger partial charge in [-0.15, -0.1) is 0 Å². The number of ether oxygens (including phenoxy) is 1. The number of carbonyl (C=O) groups excluding carboxylic acids is 1. The molecule has 0 fully saturated rings. The molecule has 4 nitrogen and oxygen atoms in total. The van der Waals surface area contributed by atoms with Gasteiger partial charge in [-0.2, -0.15) is 0 Å². The third kappa shape index (κ3) is 5.27. The number of carbonyl (C=O) groups is 1. The van der Waals surface area contributed by atoms with Crippen molar-refractivity contribution < 1.29 is 19.0 Å². The highest BCUT2D eigenvalue weighted by Gasteiger charge is 2.21. The molecule has 1 rings (SSSR count). The van der Waals surface area contributed by atoms with Crippen LogP contribution in [0, 0.1) is 5.82 Å². The fourth-order valence-corrected chi connectivity index (χ4v) is 1.97. The van der Waals surface area contributed by atoms with Crippen LogP contribution in [-0.2, 0) is 9.53 Å². The van der Waals surface area contributed by atoms with Gasteiger partial charge in [-0.1, -0.05) is 19.1 Å². The van der Waals surface area contributed by atoms with E-state index in [4.69, 9.17) is 0 Å². The molecule has 0 amide bonds. The van der Waals surface area contributed by atoms with E-state index in [9.17, 15) is 14.3 Å². The van der Waals surface area contributed by atoms with Gasteiger partial charge in [-0.3, -0.25) is 4.79 Å². The van der Waals surface area contributed by atoms with Crippen LogP contribution in [0.25, 0.3) is 0 Å². The number of aliphatic hydroxyl groups is 1. The monoisotopic (exact) mass is 283 g/mol. The van der Waals surface area contributed by atoms with Gasteiger partial charge in [0.1, 0.15) is 5.82 Å². The summed E-state index contributed by atoms with van der Waals surface area (Å²) in [7, 11) is 1.34. The SMILES string of the molecule is CCCNC(CCC(=O)OC)C(O)c1ccc(F)cc1. The van der Waals surface area contributed by atoms with Gasteiger partial charge in [0, 0.05) is 12.5 Å². The predicted octanol–water partition coefficient (Wildman–Crippen LogP) is 2.18. The van der Waals surface area contributed by atoms with Crippen molar-refractivity contribution in [2.75, 3.05) is 13.7 Å². The molecule has 0 aliphatic carbocycles. The Hall–Kier alpha value is -1.46. The summed E-state index contributed by atoms with van der Waals surface area (Å²) in [5.41, 5.74) is 0.630. The fourth-order valence-electron chi connectivity index (χ4n) is 1.97. The molecule has 5 heteroatoms. The number of benzene rings is 1. The first-order chi connectivity index (χ1) is 9.58. The van der Waals surface area contributed by atoms with E-state index in [2.05, 4.69) is 10.1 Å². The first-order valence-electron chi connectivity index (χ1n) is 6.82. The largest absolute Gasteiger partial charge is 0.469 e. The zero-order chi connectivity index (χ0) is 15.0. The van der Waals surface area contributed by atoms with E-state index in [1.165, 1.54) is 19.2 Å². The lowest BCUT2D eigenvalue weighted by atomic mass is 9.98. The maximum Gasteiger partial charge on any atom is 0.305 e. The zero-order valence-corrected chi connectivity index (χ0v) is 11.9. The average Bonchev–Trinajstić information content (AvgIpc) is 2.47. The first-order valence-corrected chi connectivity index (χ1v) is 6.82. The molecular weight excluding hydrogens is 261 g/mol. The van der Waals surface area contributed by atoms with Crippen LogP contribution in [0.15, 0.2) is 24.3 Å². The van der Waals surface area contributed by atoms with Crippen LogP contribution in [-0.4, -0.2) is 30.8 Å². The summed E-state index contributed by atoms with van der Waals surface area (Å²) in [6.45, 7) is 2.76. The summed E-state index contributed by atoms with van der Waals surface area (Å²) in [5.74, 6) is -0.645. The van der Waals surface area contributed by atoms with Crippen molar-refractivity contribution in [3.8, 4) is 0 Å². The van der Waals surface area contributed by atoms with Crippen LogP contribution in [0.2, 0.25) is 0 Å². The molecule has 1 aromatic rings. The molecule has 0 aromatic heterocycles. The third-order valence-corrected chi connectivity index (χ3v) is 3.14. The number of methoxy groups -OCH3 is 1. The van der Waals surface area contributed by atoms with Gasteiger partial charge < -0.3 is 15.2 Å². The van der Waals surface area contributed by atoms with E-state index in [0.717, 1.165) is 13.0 Å². The van der Waals surface area contributed by atoms with Crippen molar-refractivity contribution in [1.29, 1.82) is 0 Å². The van der Waals surface area contributed by atoms with Crippen LogP contribution in [0.5, 0.6) is 0 Å². The minimum atomic E-state index is -0.785. The maximum absolute atomic E-state index is 12.9. The minimum absolute atomic E-state index is 0.232. The lowest BCUT2D eigenvalue weighted by molar-refractivity contribution is -0.141. The lowest BCUT2D eigenvalue weighted by Gasteiger charge is -2.24. The minimum Gasteiger partial charge on any atom is -0.469 e. The highest BCUT2D eigenvalue weighted by atomic mass is 19.1. The molecule has 0 radical (unpaired) electrons. The van der Waals surface area contributed by atoms with E-state index in [1.54, 1.807) is 12.1 Å². The van der Waals surface area contributed by atoms with E-state index in [1.807, 2.05) is 6.92 Å². The van der Waals surface area contributed by atoms with E-state index in [0.29, 0.717) is 12.0 Å². The van der Waals surface area contributed by atoms with E-state index < -0.39 is 6.10 Å². The quantitative estimate of drug-likeness (QED) is 0.718. The Kier molecular flexibility index (Phi) is 7.18. The Bertz CT molecular complexity index is 408. The fraction of sp³-hybridized carbons (Fsp3) is 0.533. The second-order valence-corrected chi connectivity index (χ2v) is 4.67. The van der Waals surface area contributed by atoms with Crippen LogP contribution < -0.4 is 5.32 Å². The Morgan fingerprint density at radius 3 is 2.60 bits per heavy atom. The standard InChI is InChI=1S/C15H22FNO3/c1-3-10-17-13(8-9-14(18)20-2)15(19)11-4-6-12(16)7-5-11/h4-7,13,15,17,19H,3,8-10H2,1-2H3. The summed E-state index contributed by atoms with van der Waals surface area (Å²) in [4.78, 5) is 11.2. The van der Waals surface area contributed by atoms with E-state index >= 15 is 0 Å². The average molecular weight is 283 g/mol. The van der Waals surface area contributed by atoms with Gasteiger partial charge in [-0.25, -0.2) is 4.39 Å². The van der Waals surface area contributed by atoms with Crippen LogP contribution >= 0.6 is 0 Å². The second-order valence-electron chi connectivity index (χ2n) is 4.67. The molecule has 112 valence electrons. The Morgan fingerprint density at radius 1 is 1.40 bits per heavy atom. The van der Waals surface area contributed by atoms with Gasteiger partial charge in [0.05, 0.1) is 13.2 Å². The van der Waals surface area contributed by atoms with Crippen molar-refractivity contribution in [1.82, 2.24) is 5.32 Å². The van der Waals surface area contributed by atoms with Crippen LogP contribution in [0.4, 0.5) is 4.39 Å². The molecule has 20 heavy (non-hydrogen) atoms. The number of hydrogen-bond donors (Lipinski definition) is 2. The van der Waals surface area contributed by atoms with Crippen molar-refractivity contribution in [3.63, 3.8) is 0 Å². The molecule has 0 spiro atoms. The molecule has 0 heterocycles. The van der Waals surface area contributed by atoms with E-state index in [-0.39, 0.29) is 24.2 Å². The molecule has 0 aliphatic heterocycles. The molecule has 0 saturated carbocycles. The smallest absolute Gasteiger partial charge is 0.305 e. The number of hydrogen-bond acceptors (Lipinski definition) is 4. The normalized spacial score (nSPS) is 13.8. The molecule has 2 unspecified atom stereocenters. The molecular formula is C15H22FNO3. The summed E-state index contributed by atoms with van der Waals surface area (Å²) < 4.78 is 17.5. The number of aliphatic hydroxyl groups excluding tert-OH is 1. The molecule has 1 aromatic carbocycles. The predicted molar refractivity (Wildman–Crippen MR) is 74.7 cm³/mol. The molecule has 2 N–H and O–H groups in total. The van der Waals surface area contributed by atoms with Gasteiger partial charge in [0.15, 0.2) is 0 Å². The van der Waals surface area contributed by atoms with Crippen molar-refractivity contribution in [2.45, 2.75) is 38.3 Å². The summed E-state index contributed by atoms with van der Waals surface area (Å²) in [6, 6.07) is 5.47. The van der Waals surface area contributed by atoms with Gasteiger partial charge in [0.2, 0.25) is 0 Å². The number of rotatable bonds is 8. The Morgan fingerprint density at radius 2 is 2.05 bits per heavy atom. The summed E-state index contributed by atoms with van der Waals surface area (Å²) >= 11 is 0. The first kappa shape index (κ1) is 16.6. The lowest BCUT2D eigenvalue weighted by Crippen LogP contribution is -2.36. The van der Waals surface area contributed by atoms with Crippen LogP contribution in [0.1, 0.15) is 37.9 Å². The highest BCUT2D eigenvalue weighted by molar-refractivity contribution is 5.69. The van der Waals surface area contributed by atoms with Crippen LogP contribution in [0.3, 0.4) is 0 Å². The number of esters is 1. The Balaban J connectivity index is 2.69. The summed E-state index contributed by atoms with van der Waals surface area (Å²) in [6.07, 6.45) is 0.832. The maximum atomic E-state index is 12.9. The van der Waals surface area contributed by atoms with Gasteiger partial charge >= 0.3 is 5.97 Å². The molecule has 0 saturated heterocycles. The van der Waals surface area contributed by atoms with Crippen molar-refractivity contribution >= 4 is 5.97 Å². The highest BCUT2D eigenvalue weighted by Crippen LogP contribution is 2.20. The van der Waals surface area contributed by atoms with Gasteiger partial charge in [-0.05, 0) is 37.1 Å². The number of nitrogens with one attached hydrogen (secondary N) is 1.